The first-order valence-corrected chi connectivity index (χ1v) is 11.9. The number of anilines is 2. The number of halogens is 1. The Labute approximate surface area is 214 Å². The molecule has 0 aliphatic carbocycles. The van der Waals surface area contributed by atoms with Crippen LogP contribution in [0, 0.1) is 0 Å². The van der Waals surface area contributed by atoms with Gasteiger partial charge in [0.15, 0.2) is 0 Å². The molecule has 180 valence electrons. The van der Waals surface area contributed by atoms with Gasteiger partial charge in [0.05, 0.1) is 4.47 Å². The Morgan fingerprint density at radius 1 is 1.03 bits per heavy atom. The first-order valence-electron chi connectivity index (χ1n) is 11.2. The van der Waals surface area contributed by atoms with E-state index in [0.29, 0.717) is 39.1 Å². The molecule has 3 aromatic heterocycles. The molecule has 5 aromatic rings. The molecule has 0 bridgehead atoms. The van der Waals surface area contributed by atoms with Gasteiger partial charge in [-0.3, -0.25) is 4.68 Å². The lowest BCUT2D eigenvalue weighted by Gasteiger charge is -2.10. The van der Waals surface area contributed by atoms with E-state index in [1.807, 2.05) is 72.4 Å². The van der Waals surface area contributed by atoms with Crippen LogP contribution < -0.4 is 10.6 Å². The number of hydrogen-bond acceptors (Lipinski definition) is 4. The standard InChI is InChI=1S/C26H21BrN6O3/c1-2-33-14-19(18-11-12-28-24-20(18)21(27)23(31-24)25(34)35)22(32-33)15-7-6-10-17(13-15)30-26(36)29-16-8-4-3-5-9-16/h3-14H,2H2,1H3,(H,28,31)(H,34,35)(H2,29,30,36). The molecule has 4 N–H and O–H groups in total. The summed E-state index contributed by atoms with van der Waals surface area (Å²) in [5, 5.41) is 20.6. The predicted molar refractivity (Wildman–Crippen MR) is 142 cm³/mol. The highest BCUT2D eigenvalue weighted by Gasteiger charge is 2.22. The minimum atomic E-state index is -1.08. The summed E-state index contributed by atoms with van der Waals surface area (Å²) >= 11 is 3.44. The average Bonchev–Trinajstić information content (AvgIpc) is 3.46. The van der Waals surface area contributed by atoms with Crippen molar-refractivity contribution in [2.75, 3.05) is 10.6 Å². The number of H-pyrrole nitrogens is 1. The molecule has 0 aliphatic rings. The van der Waals surface area contributed by atoms with E-state index in [0.717, 1.165) is 16.7 Å². The van der Waals surface area contributed by atoms with Crippen LogP contribution in [0.2, 0.25) is 0 Å². The maximum absolute atomic E-state index is 12.5. The first-order chi connectivity index (χ1) is 17.4. The summed E-state index contributed by atoms with van der Waals surface area (Å²) in [6.07, 6.45) is 3.55. The molecule has 0 saturated carbocycles. The minimum absolute atomic E-state index is 0.0324. The van der Waals surface area contributed by atoms with Gasteiger partial charge in [0, 0.05) is 46.8 Å². The minimum Gasteiger partial charge on any atom is -0.477 e. The van der Waals surface area contributed by atoms with Gasteiger partial charge in [-0.05, 0) is 58.7 Å². The lowest BCUT2D eigenvalue weighted by Crippen LogP contribution is -2.19. The fourth-order valence-electron chi connectivity index (χ4n) is 4.00. The van der Waals surface area contributed by atoms with E-state index in [2.05, 4.69) is 36.5 Å². The molecule has 2 aromatic carbocycles. The normalized spacial score (nSPS) is 10.9. The molecule has 36 heavy (non-hydrogen) atoms. The molecule has 2 amide bonds. The van der Waals surface area contributed by atoms with Crippen molar-refractivity contribution in [1.29, 1.82) is 0 Å². The fraction of sp³-hybridized carbons (Fsp3) is 0.0769. The summed E-state index contributed by atoms with van der Waals surface area (Å²) in [7, 11) is 0. The van der Waals surface area contributed by atoms with Gasteiger partial charge in [-0.2, -0.15) is 5.10 Å². The molecule has 0 unspecified atom stereocenters. The van der Waals surface area contributed by atoms with Gasteiger partial charge in [-0.1, -0.05) is 30.3 Å². The number of carbonyl (C=O) groups is 2. The van der Waals surface area contributed by atoms with Crippen LogP contribution >= 0.6 is 15.9 Å². The maximum atomic E-state index is 12.5. The third-order valence-corrected chi connectivity index (χ3v) is 6.44. The molecular weight excluding hydrogens is 524 g/mol. The fourth-order valence-corrected chi connectivity index (χ4v) is 4.67. The number of pyridine rings is 1. The highest BCUT2D eigenvalue weighted by Crippen LogP contribution is 2.39. The summed E-state index contributed by atoms with van der Waals surface area (Å²) in [5.41, 5.74) is 4.87. The molecule has 0 fully saturated rings. The van der Waals surface area contributed by atoms with Crippen LogP contribution in [-0.4, -0.2) is 36.9 Å². The number of nitrogens with zero attached hydrogens (tertiary/aromatic N) is 3. The zero-order valence-electron chi connectivity index (χ0n) is 19.1. The molecule has 0 atom stereocenters. The summed E-state index contributed by atoms with van der Waals surface area (Å²) < 4.78 is 2.24. The van der Waals surface area contributed by atoms with E-state index >= 15 is 0 Å². The predicted octanol–water partition coefficient (Wildman–Crippen LogP) is 6.22. The van der Waals surface area contributed by atoms with E-state index in [9.17, 15) is 14.7 Å². The van der Waals surface area contributed by atoms with Crippen molar-refractivity contribution >= 4 is 50.3 Å². The number of aryl methyl sites for hydroxylation is 1. The molecule has 10 heteroatoms. The van der Waals surface area contributed by atoms with Gasteiger partial charge in [0.25, 0.3) is 0 Å². The van der Waals surface area contributed by atoms with Crippen LogP contribution in [0.15, 0.2) is 77.5 Å². The Morgan fingerprint density at radius 3 is 2.53 bits per heavy atom. The summed E-state index contributed by atoms with van der Waals surface area (Å²) in [6, 6.07) is 18.1. The molecule has 0 aliphatic heterocycles. The zero-order valence-corrected chi connectivity index (χ0v) is 20.7. The molecule has 5 rings (SSSR count). The van der Waals surface area contributed by atoms with Gasteiger partial charge in [0.2, 0.25) is 0 Å². The third-order valence-electron chi connectivity index (χ3n) is 5.65. The van der Waals surface area contributed by atoms with Gasteiger partial charge >= 0.3 is 12.0 Å². The van der Waals surface area contributed by atoms with Crippen LogP contribution in [0.3, 0.4) is 0 Å². The summed E-state index contributed by atoms with van der Waals surface area (Å²) in [5.74, 6) is -1.08. The molecule has 0 saturated heterocycles. The van der Waals surface area contributed by atoms with Crippen LogP contribution in [0.25, 0.3) is 33.4 Å². The first kappa shape index (κ1) is 23.3. The second-order valence-electron chi connectivity index (χ2n) is 7.97. The molecule has 0 radical (unpaired) electrons. The molecule has 9 nitrogen and oxygen atoms in total. The SMILES string of the molecule is CCn1cc(-c2ccnc3[nH]c(C(=O)O)c(Br)c23)c(-c2cccc(NC(=O)Nc3ccccc3)c2)n1. The van der Waals surface area contributed by atoms with Gasteiger partial charge in [-0.25, -0.2) is 14.6 Å². The number of carboxylic acids is 1. The van der Waals surface area contributed by atoms with Crippen molar-refractivity contribution in [3.05, 3.63) is 83.2 Å². The largest absolute Gasteiger partial charge is 0.477 e. The second-order valence-corrected chi connectivity index (χ2v) is 8.77. The summed E-state index contributed by atoms with van der Waals surface area (Å²) in [4.78, 5) is 31.4. The topological polar surface area (TPSA) is 125 Å². The van der Waals surface area contributed by atoms with Crippen molar-refractivity contribution < 1.29 is 14.7 Å². The average molecular weight is 545 g/mol. The highest BCUT2D eigenvalue weighted by molar-refractivity contribution is 9.10. The number of benzene rings is 2. The number of aromatic amines is 1. The Bertz CT molecular complexity index is 1590. The Kier molecular flexibility index (Phi) is 6.26. The maximum Gasteiger partial charge on any atom is 0.353 e. The summed E-state index contributed by atoms with van der Waals surface area (Å²) in [6.45, 7) is 2.64. The van der Waals surface area contributed by atoms with E-state index in [-0.39, 0.29) is 11.7 Å². The monoisotopic (exact) mass is 544 g/mol. The lowest BCUT2D eigenvalue weighted by atomic mass is 10.00. The third kappa shape index (κ3) is 4.46. The van der Waals surface area contributed by atoms with Crippen molar-refractivity contribution in [1.82, 2.24) is 19.7 Å². The Morgan fingerprint density at radius 2 is 1.78 bits per heavy atom. The van der Waals surface area contributed by atoms with Crippen LogP contribution in [0.4, 0.5) is 16.2 Å². The number of fused-ring (bicyclic) bond motifs is 1. The Balaban J connectivity index is 1.54. The van der Waals surface area contributed by atoms with E-state index in [4.69, 9.17) is 5.10 Å². The number of carboxylic acid groups (broad SMARTS) is 1. The van der Waals surface area contributed by atoms with Crippen molar-refractivity contribution in [3.63, 3.8) is 0 Å². The Hall–Kier alpha value is -4.44. The van der Waals surface area contributed by atoms with Crippen LogP contribution in [0.1, 0.15) is 17.4 Å². The molecule has 3 heterocycles. The van der Waals surface area contributed by atoms with Crippen molar-refractivity contribution in [2.24, 2.45) is 0 Å². The number of aromatic carboxylic acids is 1. The van der Waals surface area contributed by atoms with Crippen LogP contribution in [0.5, 0.6) is 0 Å². The highest BCUT2D eigenvalue weighted by atomic mass is 79.9. The number of rotatable bonds is 6. The number of hydrogen-bond donors (Lipinski definition) is 4. The molecular formula is C26H21BrN6O3. The van der Waals surface area contributed by atoms with Gasteiger partial charge < -0.3 is 20.7 Å². The van der Waals surface area contributed by atoms with Crippen molar-refractivity contribution in [3.8, 4) is 22.4 Å². The van der Waals surface area contributed by atoms with Gasteiger partial charge in [0.1, 0.15) is 17.0 Å². The number of urea groups is 1. The van der Waals surface area contributed by atoms with Crippen LogP contribution in [-0.2, 0) is 6.54 Å². The van der Waals surface area contributed by atoms with E-state index < -0.39 is 5.97 Å². The van der Waals surface area contributed by atoms with Crippen molar-refractivity contribution in [2.45, 2.75) is 13.5 Å². The van der Waals surface area contributed by atoms with Gasteiger partial charge in [-0.15, -0.1) is 0 Å². The zero-order chi connectivity index (χ0) is 25.2. The van der Waals surface area contributed by atoms with E-state index in [1.54, 1.807) is 12.3 Å². The second kappa shape index (κ2) is 9.67. The lowest BCUT2D eigenvalue weighted by molar-refractivity contribution is 0.0690. The quantitative estimate of drug-likeness (QED) is 0.202. The number of nitrogens with one attached hydrogen (secondary N) is 3. The smallest absolute Gasteiger partial charge is 0.353 e. The van der Waals surface area contributed by atoms with E-state index in [1.165, 1.54) is 0 Å². The number of carbonyl (C=O) groups excluding carboxylic acids is 1. The number of aromatic nitrogens is 4. The number of amides is 2. The molecule has 0 spiro atoms. The number of para-hydroxylation sites is 1.